The first-order valence-corrected chi connectivity index (χ1v) is 14.1. The monoisotopic (exact) mass is 505 g/mol. The van der Waals surface area contributed by atoms with Crippen LogP contribution in [0.5, 0.6) is 0 Å². The maximum Gasteiger partial charge on any atom is 0.228 e. The standard InChI is InChI=1S/C25H32FN3O5S/c26-20-9-5-18(6-10-20)17-35(31,32)25-27-13-21(29(25)16-23-4-2-12-34-23)14-28(24(30)19-7-8-19)15-22-3-1-11-33-22/h5-6,9-10,13,19,22-23H,1-4,7-8,11-12,14-17H2/t22-,23+/m1/s1. The predicted molar refractivity (Wildman–Crippen MR) is 126 cm³/mol. The highest BCUT2D eigenvalue weighted by Gasteiger charge is 2.36. The molecular formula is C25H32FN3O5S. The van der Waals surface area contributed by atoms with Crippen molar-refractivity contribution in [1.29, 1.82) is 0 Å². The van der Waals surface area contributed by atoms with Gasteiger partial charge < -0.3 is 18.9 Å². The average molecular weight is 506 g/mol. The van der Waals surface area contributed by atoms with Crippen LogP contribution in [0, 0.1) is 11.7 Å². The van der Waals surface area contributed by atoms with Crippen molar-refractivity contribution in [2.24, 2.45) is 5.92 Å². The highest BCUT2D eigenvalue weighted by atomic mass is 32.2. The molecule has 0 spiro atoms. The number of nitrogens with zero attached hydrogens (tertiary/aromatic N) is 3. The summed E-state index contributed by atoms with van der Waals surface area (Å²) >= 11 is 0. The van der Waals surface area contributed by atoms with Gasteiger partial charge in [-0.25, -0.2) is 17.8 Å². The zero-order valence-corrected chi connectivity index (χ0v) is 20.6. The summed E-state index contributed by atoms with van der Waals surface area (Å²) in [6, 6.07) is 5.45. The van der Waals surface area contributed by atoms with Crippen LogP contribution >= 0.6 is 0 Å². The van der Waals surface area contributed by atoms with Crippen molar-refractivity contribution in [2.75, 3.05) is 19.8 Å². The van der Waals surface area contributed by atoms with E-state index in [0.29, 0.717) is 37.6 Å². The van der Waals surface area contributed by atoms with Crippen molar-refractivity contribution in [3.8, 4) is 0 Å². The van der Waals surface area contributed by atoms with Crippen LogP contribution < -0.4 is 0 Å². The summed E-state index contributed by atoms with van der Waals surface area (Å²) in [5.41, 5.74) is 1.16. The molecule has 0 radical (unpaired) electrons. The number of sulfone groups is 1. The van der Waals surface area contributed by atoms with Crippen LogP contribution in [-0.2, 0) is 42.9 Å². The number of carbonyl (C=O) groups excluding carboxylic acids is 1. The van der Waals surface area contributed by atoms with E-state index in [2.05, 4.69) is 4.98 Å². The molecule has 1 aliphatic carbocycles. The van der Waals surface area contributed by atoms with Crippen molar-refractivity contribution in [1.82, 2.24) is 14.5 Å². The van der Waals surface area contributed by atoms with Crippen molar-refractivity contribution in [3.05, 3.63) is 47.5 Å². The van der Waals surface area contributed by atoms with Gasteiger partial charge in [-0.1, -0.05) is 12.1 Å². The zero-order valence-electron chi connectivity index (χ0n) is 19.8. The molecule has 2 aliphatic heterocycles. The molecule has 3 heterocycles. The second-order valence-electron chi connectivity index (χ2n) is 9.79. The van der Waals surface area contributed by atoms with Crippen molar-refractivity contribution in [3.63, 3.8) is 0 Å². The van der Waals surface area contributed by atoms with Crippen LogP contribution in [0.2, 0.25) is 0 Å². The van der Waals surface area contributed by atoms with Crippen molar-refractivity contribution >= 4 is 15.7 Å². The summed E-state index contributed by atoms with van der Waals surface area (Å²) in [4.78, 5) is 19.2. The smallest absolute Gasteiger partial charge is 0.228 e. The van der Waals surface area contributed by atoms with E-state index in [-0.39, 0.29) is 41.5 Å². The van der Waals surface area contributed by atoms with Gasteiger partial charge in [0.2, 0.25) is 20.9 Å². The number of imidazole rings is 1. The largest absolute Gasteiger partial charge is 0.376 e. The summed E-state index contributed by atoms with van der Waals surface area (Å²) in [5.74, 6) is -0.552. The SMILES string of the molecule is O=C(C1CC1)N(Cc1cnc(S(=O)(=O)Cc2ccc(F)cc2)n1C[C@@H]1CCCO1)C[C@H]1CCCO1. The maximum absolute atomic E-state index is 13.4. The van der Waals surface area contributed by atoms with Gasteiger partial charge in [0.05, 0.1) is 42.9 Å². The molecule has 1 saturated carbocycles. The minimum absolute atomic E-state index is 0.00826. The molecule has 5 rings (SSSR count). The molecule has 0 N–H and O–H groups in total. The van der Waals surface area contributed by atoms with Crippen LogP contribution in [0.15, 0.2) is 35.6 Å². The van der Waals surface area contributed by atoms with Gasteiger partial charge in [-0.3, -0.25) is 4.79 Å². The van der Waals surface area contributed by atoms with Crippen molar-refractivity contribution in [2.45, 2.75) is 74.7 Å². The summed E-state index contributed by atoms with van der Waals surface area (Å²) in [5, 5.41) is -0.0386. The van der Waals surface area contributed by atoms with E-state index in [1.54, 1.807) is 10.8 Å². The first-order valence-electron chi connectivity index (χ1n) is 12.4. The molecule has 2 aromatic rings. The molecule has 2 atom stereocenters. The van der Waals surface area contributed by atoms with Gasteiger partial charge in [-0.05, 0) is 56.2 Å². The molecule has 8 nitrogen and oxygen atoms in total. The number of rotatable bonds is 10. The fourth-order valence-electron chi connectivity index (χ4n) is 4.87. The normalized spacial score (nSPS) is 22.5. The van der Waals surface area contributed by atoms with E-state index in [1.165, 1.54) is 24.3 Å². The Morgan fingerprint density at radius 3 is 2.37 bits per heavy atom. The summed E-state index contributed by atoms with van der Waals surface area (Å²) < 4.78 is 53.4. The van der Waals surface area contributed by atoms with Crippen molar-refractivity contribution < 1.29 is 27.1 Å². The second kappa shape index (κ2) is 10.4. The molecule has 190 valence electrons. The molecule has 0 unspecified atom stereocenters. The van der Waals surface area contributed by atoms with Crippen LogP contribution in [0.3, 0.4) is 0 Å². The number of aromatic nitrogens is 2. The van der Waals surface area contributed by atoms with E-state index in [9.17, 15) is 17.6 Å². The maximum atomic E-state index is 13.4. The molecule has 3 aliphatic rings. The van der Waals surface area contributed by atoms with Crippen LogP contribution in [0.1, 0.15) is 49.8 Å². The molecule has 10 heteroatoms. The van der Waals surface area contributed by atoms with Gasteiger partial charge in [0.25, 0.3) is 0 Å². The third-order valence-corrected chi connectivity index (χ3v) is 8.49. The van der Waals surface area contributed by atoms with E-state index in [4.69, 9.17) is 9.47 Å². The van der Waals surface area contributed by atoms with Gasteiger partial charge in [0, 0.05) is 25.7 Å². The van der Waals surface area contributed by atoms with Crippen LogP contribution in [0.4, 0.5) is 4.39 Å². The number of hydrogen-bond acceptors (Lipinski definition) is 6. The highest BCUT2D eigenvalue weighted by molar-refractivity contribution is 7.90. The average Bonchev–Trinajstić information content (AvgIpc) is 3.18. The lowest BCUT2D eigenvalue weighted by molar-refractivity contribution is -0.134. The predicted octanol–water partition coefficient (Wildman–Crippen LogP) is 3.09. The Labute approximate surface area is 205 Å². The van der Waals surface area contributed by atoms with E-state index >= 15 is 0 Å². The third-order valence-electron chi connectivity index (χ3n) is 6.90. The summed E-state index contributed by atoms with van der Waals surface area (Å²) in [6.07, 6.45) is 6.94. The number of amides is 1. The third kappa shape index (κ3) is 5.92. The van der Waals surface area contributed by atoms with E-state index in [1.807, 2.05) is 4.90 Å². The van der Waals surface area contributed by atoms with Gasteiger partial charge in [0.1, 0.15) is 5.82 Å². The Hall–Kier alpha value is -2.30. The molecular weight excluding hydrogens is 473 g/mol. The number of halogens is 1. The lowest BCUT2D eigenvalue weighted by atomic mass is 10.2. The zero-order chi connectivity index (χ0) is 24.4. The number of carbonyl (C=O) groups is 1. The Bertz CT molecular complexity index is 1130. The minimum Gasteiger partial charge on any atom is -0.376 e. The first kappa shape index (κ1) is 24.4. The molecule has 0 bridgehead atoms. The Morgan fingerprint density at radius 1 is 1.06 bits per heavy atom. The summed E-state index contributed by atoms with van der Waals surface area (Å²) in [6.45, 7) is 2.49. The highest BCUT2D eigenvalue weighted by Crippen LogP contribution is 2.32. The van der Waals surface area contributed by atoms with Gasteiger partial charge in [-0.15, -0.1) is 0 Å². The Kier molecular flexibility index (Phi) is 7.22. The lowest BCUT2D eigenvalue weighted by Crippen LogP contribution is -2.38. The second-order valence-corrected chi connectivity index (χ2v) is 11.7. The van der Waals surface area contributed by atoms with E-state index < -0.39 is 15.7 Å². The molecule has 1 amide bonds. The first-order chi connectivity index (χ1) is 16.9. The summed E-state index contributed by atoms with van der Waals surface area (Å²) in [7, 11) is -3.81. The number of hydrogen-bond donors (Lipinski definition) is 0. The quantitative estimate of drug-likeness (QED) is 0.493. The van der Waals surface area contributed by atoms with Crippen LogP contribution in [-0.4, -0.2) is 60.7 Å². The number of benzene rings is 1. The Balaban J connectivity index is 1.42. The van der Waals surface area contributed by atoms with Gasteiger partial charge in [-0.2, -0.15) is 0 Å². The molecule has 3 fully saturated rings. The van der Waals surface area contributed by atoms with Gasteiger partial charge in [0.15, 0.2) is 0 Å². The van der Waals surface area contributed by atoms with Crippen LogP contribution in [0.25, 0.3) is 0 Å². The topological polar surface area (TPSA) is 90.7 Å². The fraction of sp³-hybridized carbons (Fsp3) is 0.600. The molecule has 1 aromatic heterocycles. The fourth-order valence-corrected chi connectivity index (χ4v) is 6.37. The Morgan fingerprint density at radius 2 is 1.74 bits per heavy atom. The number of ether oxygens (including phenoxy) is 2. The van der Waals surface area contributed by atoms with Gasteiger partial charge >= 0.3 is 0 Å². The molecule has 2 saturated heterocycles. The lowest BCUT2D eigenvalue weighted by Gasteiger charge is -2.26. The van der Waals surface area contributed by atoms with E-state index in [0.717, 1.165) is 38.5 Å². The minimum atomic E-state index is -3.81. The molecule has 1 aromatic carbocycles. The molecule has 35 heavy (non-hydrogen) atoms.